The molecule has 2 rings (SSSR count). The number of aromatic nitrogens is 2. The number of aliphatic hydroxyl groups excluding tert-OH is 1. The lowest BCUT2D eigenvalue weighted by atomic mass is 10.2. The van der Waals surface area contributed by atoms with Crippen LogP contribution in [-0.2, 0) is 0 Å². The predicted molar refractivity (Wildman–Crippen MR) is 88.5 cm³/mol. The molecule has 0 saturated heterocycles. The standard InChI is InChI=1S/C12H17N3O.2C2H6/c1-3-15(4-5-16)10-6-11-9(2)7-13-12(11)14-8-10;2*1-2/h6-8,16H,3-5H2,1-2H3,(H,13,14);2*1-2H3. The number of H-pyrrole nitrogens is 1. The van der Waals surface area contributed by atoms with Crippen molar-refractivity contribution in [2.45, 2.75) is 41.5 Å². The van der Waals surface area contributed by atoms with Crippen molar-refractivity contribution in [3.8, 4) is 0 Å². The van der Waals surface area contributed by atoms with E-state index in [1.807, 2.05) is 40.1 Å². The minimum Gasteiger partial charge on any atom is -0.395 e. The number of fused-ring (bicyclic) bond motifs is 1. The zero-order chi connectivity index (χ0) is 15.5. The highest BCUT2D eigenvalue weighted by Gasteiger charge is 2.07. The Hall–Kier alpha value is -1.55. The summed E-state index contributed by atoms with van der Waals surface area (Å²) in [5, 5.41) is 10.1. The van der Waals surface area contributed by atoms with Crippen LogP contribution in [0.3, 0.4) is 0 Å². The van der Waals surface area contributed by atoms with E-state index >= 15 is 0 Å². The van der Waals surface area contributed by atoms with Gasteiger partial charge in [0, 0.05) is 24.7 Å². The molecule has 0 aromatic carbocycles. The molecule has 0 spiro atoms. The second-order valence-corrected chi connectivity index (χ2v) is 3.86. The number of hydrogen-bond donors (Lipinski definition) is 2. The van der Waals surface area contributed by atoms with Gasteiger partial charge >= 0.3 is 0 Å². The fraction of sp³-hybridized carbons (Fsp3) is 0.562. The molecule has 0 aliphatic carbocycles. The summed E-state index contributed by atoms with van der Waals surface area (Å²) >= 11 is 0. The second kappa shape index (κ2) is 10.3. The number of anilines is 1. The summed E-state index contributed by atoms with van der Waals surface area (Å²) in [5.74, 6) is 0. The number of nitrogens with one attached hydrogen (secondary N) is 1. The van der Waals surface area contributed by atoms with Crippen LogP contribution in [0.2, 0.25) is 0 Å². The number of likely N-dealkylation sites (N-methyl/N-ethyl adjacent to an activating group) is 1. The van der Waals surface area contributed by atoms with Crippen molar-refractivity contribution >= 4 is 16.7 Å². The van der Waals surface area contributed by atoms with E-state index in [4.69, 9.17) is 5.11 Å². The molecule has 0 fully saturated rings. The molecule has 0 saturated carbocycles. The van der Waals surface area contributed by atoms with Gasteiger partial charge in [0.15, 0.2) is 0 Å². The summed E-state index contributed by atoms with van der Waals surface area (Å²) in [7, 11) is 0. The summed E-state index contributed by atoms with van der Waals surface area (Å²) in [5.41, 5.74) is 3.18. The molecule has 2 aromatic heterocycles. The molecule has 4 nitrogen and oxygen atoms in total. The van der Waals surface area contributed by atoms with Crippen molar-refractivity contribution in [1.82, 2.24) is 9.97 Å². The topological polar surface area (TPSA) is 52.1 Å². The average molecular weight is 279 g/mol. The highest BCUT2D eigenvalue weighted by atomic mass is 16.3. The Bertz CT molecular complexity index is 480. The van der Waals surface area contributed by atoms with Crippen molar-refractivity contribution < 1.29 is 5.11 Å². The van der Waals surface area contributed by atoms with Gasteiger partial charge in [0.25, 0.3) is 0 Å². The summed E-state index contributed by atoms with van der Waals surface area (Å²) in [4.78, 5) is 9.61. The van der Waals surface area contributed by atoms with Crippen LogP contribution >= 0.6 is 0 Å². The number of aryl methyl sites for hydroxylation is 1. The third-order valence-corrected chi connectivity index (χ3v) is 2.84. The number of nitrogens with zero attached hydrogens (tertiary/aromatic N) is 2. The lowest BCUT2D eigenvalue weighted by Crippen LogP contribution is -2.26. The van der Waals surface area contributed by atoms with Gasteiger partial charge in [-0.3, -0.25) is 0 Å². The van der Waals surface area contributed by atoms with Crippen molar-refractivity contribution in [3.63, 3.8) is 0 Å². The summed E-state index contributed by atoms with van der Waals surface area (Å²) in [6.45, 7) is 13.8. The van der Waals surface area contributed by atoms with Gasteiger partial charge in [0.1, 0.15) is 5.65 Å². The van der Waals surface area contributed by atoms with Crippen LogP contribution in [-0.4, -0.2) is 34.8 Å². The van der Waals surface area contributed by atoms with Gasteiger partial charge < -0.3 is 15.0 Å². The molecule has 114 valence electrons. The highest BCUT2D eigenvalue weighted by Crippen LogP contribution is 2.21. The van der Waals surface area contributed by atoms with Crippen molar-refractivity contribution in [2.75, 3.05) is 24.6 Å². The van der Waals surface area contributed by atoms with E-state index in [0.717, 1.165) is 23.3 Å². The third kappa shape index (κ3) is 4.53. The quantitative estimate of drug-likeness (QED) is 0.896. The highest BCUT2D eigenvalue weighted by molar-refractivity contribution is 5.82. The first-order chi connectivity index (χ1) is 9.76. The second-order valence-electron chi connectivity index (χ2n) is 3.86. The van der Waals surface area contributed by atoms with Gasteiger partial charge in [-0.15, -0.1) is 0 Å². The normalized spacial score (nSPS) is 9.35. The zero-order valence-electron chi connectivity index (χ0n) is 13.7. The Balaban J connectivity index is 0.000000829. The van der Waals surface area contributed by atoms with Gasteiger partial charge in [-0.25, -0.2) is 4.98 Å². The monoisotopic (exact) mass is 279 g/mol. The number of aliphatic hydroxyl groups is 1. The summed E-state index contributed by atoms with van der Waals surface area (Å²) in [6, 6.07) is 2.12. The fourth-order valence-electron chi connectivity index (χ4n) is 1.89. The lowest BCUT2D eigenvalue weighted by Gasteiger charge is -2.21. The first kappa shape index (κ1) is 18.4. The zero-order valence-corrected chi connectivity index (χ0v) is 13.7. The maximum absolute atomic E-state index is 8.99. The van der Waals surface area contributed by atoms with Crippen molar-refractivity contribution in [3.05, 3.63) is 24.0 Å². The largest absolute Gasteiger partial charge is 0.395 e. The lowest BCUT2D eigenvalue weighted by molar-refractivity contribution is 0.302. The summed E-state index contributed by atoms with van der Waals surface area (Å²) < 4.78 is 0. The van der Waals surface area contributed by atoms with E-state index in [1.54, 1.807) is 0 Å². The Labute approximate surface area is 122 Å². The van der Waals surface area contributed by atoms with Gasteiger partial charge in [0.2, 0.25) is 0 Å². The maximum Gasteiger partial charge on any atom is 0.137 e. The molecular weight excluding hydrogens is 250 g/mol. The van der Waals surface area contributed by atoms with E-state index in [2.05, 4.69) is 34.8 Å². The molecule has 2 heterocycles. The van der Waals surface area contributed by atoms with E-state index in [-0.39, 0.29) is 6.61 Å². The van der Waals surface area contributed by atoms with Crippen LogP contribution in [0.4, 0.5) is 5.69 Å². The van der Waals surface area contributed by atoms with Crippen LogP contribution in [0.15, 0.2) is 18.5 Å². The van der Waals surface area contributed by atoms with Crippen LogP contribution in [0.1, 0.15) is 40.2 Å². The van der Waals surface area contributed by atoms with Crippen LogP contribution < -0.4 is 4.90 Å². The minimum atomic E-state index is 0.165. The Morgan fingerprint density at radius 1 is 1.25 bits per heavy atom. The number of pyridine rings is 1. The van der Waals surface area contributed by atoms with Crippen molar-refractivity contribution in [2.24, 2.45) is 0 Å². The van der Waals surface area contributed by atoms with Gasteiger partial charge in [0.05, 0.1) is 18.5 Å². The Kier molecular flexibility index (Phi) is 9.47. The van der Waals surface area contributed by atoms with E-state index < -0.39 is 0 Å². The third-order valence-electron chi connectivity index (χ3n) is 2.84. The molecule has 20 heavy (non-hydrogen) atoms. The van der Waals surface area contributed by atoms with Crippen molar-refractivity contribution in [1.29, 1.82) is 0 Å². The first-order valence-electron chi connectivity index (χ1n) is 7.55. The van der Waals surface area contributed by atoms with E-state index in [0.29, 0.717) is 6.54 Å². The molecule has 0 aliphatic rings. The molecule has 0 amide bonds. The fourth-order valence-corrected chi connectivity index (χ4v) is 1.89. The molecule has 0 bridgehead atoms. The summed E-state index contributed by atoms with van der Waals surface area (Å²) in [6.07, 6.45) is 3.81. The number of hydrogen-bond acceptors (Lipinski definition) is 3. The number of aromatic amines is 1. The maximum atomic E-state index is 8.99. The molecule has 0 unspecified atom stereocenters. The minimum absolute atomic E-state index is 0.165. The SMILES string of the molecule is CC.CC.CCN(CCO)c1cnc2[nH]cc(C)c2c1. The van der Waals surface area contributed by atoms with Gasteiger partial charge in [-0.2, -0.15) is 0 Å². The molecule has 4 heteroatoms. The molecule has 2 aromatic rings. The number of rotatable bonds is 4. The van der Waals surface area contributed by atoms with E-state index in [9.17, 15) is 0 Å². The first-order valence-corrected chi connectivity index (χ1v) is 7.55. The van der Waals surface area contributed by atoms with Crippen LogP contribution in [0, 0.1) is 6.92 Å². The molecular formula is C16H29N3O. The van der Waals surface area contributed by atoms with Gasteiger partial charge in [-0.1, -0.05) is 27.7 Å². The molecule has 0 radical (unpaired) electrons. The molecule has 0 aliphatic heterocycles. The predicted octanol–water partition coefficient (Wildman–Crippen LogP) is 3.74. The van der Waals surface area contributed by atoms with Crippen LogP contribution in [0.25, 0.3) is 11.0 Å². The molecule has 0 atom stereocenters. The molecule has 2 N–H and O–H groups in total. The smallest absolute Gasteiger partial charge is 0.137 e. The van der Waals surface area contributed by atoms with E-state index in [1.165, 1.54) is 5.56 Å². The average Bonchev–Trinajstić information content (AvgIpc) is 2.90. The van der Waals surface area contributed by atoms with Gasteiger partial charge in [-0.05, 0) is 25.5 Å². The Morgan fingerprint density at radius 2 is 1.90 bits per heavy atom. The van der Waals surface area contributed by atoms with Crippen LogP contribution in [0.5, 0.6) is 0 Å². The Morgan fingerprint density at radius 3 is 2.45 bits per heavy atom.